The van der Waals surface area contributed by atoms with Gasteiger partial charge >= 0.3 is 0 Å². The van der Waals surface area contributed by atoms with Gasteiger partial charge in [0.25, 0.3) is 0 Å². The number of amides is 1. The van der Waals surface area contributed by atoms with Crippen LogP contribution in [0.4, 0.5) is 5.69 Å². The summed E-state index contributed by atoms with van der Waals surface area (Å²) >= 11 is 0. The fourth-order valence-corrected chi connectivity index (χ4v) is 3.58. The van der Waals surface area contributed by atoms with E-state index >= 15 is 0 Å². The van der Waals surface area contributed by atoms with E-state index in [0.29, 0.717) is 30.5 Å². The van der Waals surface area contributed by atoms with Crippen molar-refractivity contribution >= 4 is 11.6 Å². The minimum atomic E-state index is 0.0796. The molecule has 1 fully saturated rings. The van der Waals surface area contributed by atoms with E-state index < -0.39 is 0 Å². The molecule has 1 aliphatic carbocycles. The highest BCUT2D eigenvalue weighted by molar-refractivity contribution is 5.91. The quantitative estimate of drug-likeness (QED) is 0.709. The molecule has 0 saturated heterocycles. The molecule has 1 N–H and O–H groups in total. The second kappa shape index (κ2) is 8.12. The van der Waals surface area contributed by atoms with Crippen LogP contribution in [0.5, 0.6) is 0 Å². The standard InChI is InChI=1S/C21H22N4O2/c26-19(12-15-6-1-2-7-15)23-18-10-4-3-8-16(18)13-20-24-21(25-27-20)17-9-5-11-22-14-17/h3-5,8-11,14-15H,1-2,6-7,12-13H2,(H,23,26). The zero-order valence-electron chi connectivity index (χ0n) is 15.1. The van der Waals surface area contributed by atoms with E-state index in [1.165, 1.54) is 12.8 Å². The van der Waals surface area contributed by atoms with Crippen LogP contribution in [0, 0.1) is 5.92 Å². The van der Waals surface area contributed by atoms with Gasteiger partial charge < -0.3 is 9.84 Å². The lowest BCUT2D eigenvalue weighted by Gasteiger charge is -2.12. The first kappa shape index (κ1) is 17.4. The van der Waals surface area contributed by atoms with Crippen molar-refractivity contribution in [2.45, 2.75) is 38.5 Å². The number of anilines is 1. The lowest BCUT2D eigenvalue weighted by Crippen LogP contribution is -2.16. The Bertz CT molecular complexity index is 901. The maximum absolute atomic E-state index is 12.4. The summed E-state index contributed by atoms with van der Waals surface area (Å²) in [6.07, 6.45) is 9.27. The van der Waals surface area contributed by atoms with Crippen LogP contribution >= 0.6 is 0 Å². The number of nitrogens with one attached hydrogen (secondary N) is 1. The summed E-state index contributed by atoms with van der Waals surface area (Å²) in [5, 5.41) is 7.09. The van der Waals surface area contributed by atoms with Crippen LogP contribution in [0.1, 0.15) is 43.6 Å². The zero-order valence-corrected chi connectivity index (χ0v) is 15.1. The minimum absolute atomic E-state index is 0.0796. The number of benzene rings is 1. The van der Waals surface area contributed by atoms with Crippen molar-refractivity contribution in [1.82, 2.24) is 15.1 Å². The number of carbonyl (C=O) groups is 1. The number of para-hydroxylation sites is 1. The van der Waals surface area contributed by atoms with Crippen LogP contribution in [-0.4, -0.2) is 21.0 Å². The predicted octanol–water partition coefficient (Wildman–Crippen LogP) is 4.24. The molecule has 0 radical (unpaired) electrons. The molecule has 2 heterocycles. The van der Waals surface area contributed by atoms with Crippen molar-refractivity contribution < 1.29 is 9.32 Å². The maximum atomic E-state index is 12.4. The van der Waals surface area contributed by atoms with Crippen molar-refractivity contribution in [3.05, 3.63) is 60.2 Å². The Hall–Kier alpha value is -3.02. The number of pyridine rings is 1. The van der Waals surface area contributed by atoms with Gasteiger partial charge in [-0.05, 0) is 42.5 Å². The molecular weight excluding hydrogens is 340 g/mol. The lowest BCUT2D eigenvalue weighted by atomic mass is 10.0. The first-order chi connectivity index (χ1) is 13.3. The van der Waals surface area contributed by atoms with E-state index in [-0.39, 0.29) is 5.91 Å². The molecule has 3 aromatic rings. The fourth-order valence-electron chi connectivity index (χ4n) is 3.58. The molecule has 6 nitrogen and oxygen atoms in total. The maximum Gasteiger partial charge on any atom is 0.231 e. The Balaban J connectivity index is 1.45. The molecule has 0 spiro atoms. The SMILES string of the molecule is O=C(CC1CCCC1)Nc1ccccc1Cc1nc(-c2cccnc2)no1. The van der Waals surface area contributed by atoms with Gasteiger partial charge in [-0.3, -0.25) is 9.78 Å². The second-order valence-corrected chi connectivity index (χ2v) is 6.99. The molecule has 27 heavy (non-hydrogen) atoms. The van der Waals surface area contributed by atoms with Gasteiger partial charge in [0.15, 0.2) is 0 Å². The third kappa shape index (κ3) is 4.39. The Morgan fingerprint density at radius 1 is 1.15 bits per heavy atom. The lowest BCUT2D eigenvalue weighted by molar-refractivity contribution is -0.117. The minimum Gasteiger partial charge on any atom is -0.339 e. The van der Waals surface area contributed by atoms with Crippen LogP contribution in [0.15, 0.2) is 53.3 Å². The summed E-state index contributed by atoms with van der Waals surface area (Å²) in [4.78, 5) is 20.9. The number of nitrogens with zero attached hydrogens (tertiary/aromatic N) is 3. The van der Waals surface area contributed by atoms with E-state index in [0.717, 1.165) is 29.7 Å². The number of carbonyl (C=O) groups excluding carboxylic acids is 1. The van der Waals surface area contributed by atoms with Gasteiger partial charge in [-0.1, -0.05) is 36.2 Å². The van der Waals surface area contributed by atoms with Crippen molar-refractivity contribution in [3.8, 4) is 11.4 Å². The first-order valence-electron chi connectivity index (χ1n) is 9.38. The molecule has 2 aromatic heterocycles. The van der Waals surface area contributed by atoms with Gasteiger partial charge in [-0.25, -0.2) is 0 Å². The first-order valence-corrected chi connectivity index (χ1v) is 9.38. The third-order valence-corrected chi connectivity index (χ3v) is 4.97. The monoisotopic (exact) mass is 362 g/mol. The predicted molar refractivity (Wildman–Crippen MR) is 102 cm³/mol. The van der Waals surface area contributed by atoms with Crippen LogP contribution in [0.3, 0.4) is 0 Å². The van der Waals surface area contributed by atoms with Crippen molar-refractivity contribution in [3.63, 3.8) is 0 Å². The van der Waals surface area contributed by atoms with Crippen LogP contribution in [0.2, 0.25) is 0 Å². The number of hydrogen-bond acceptors (Lipinski definition) is 5. The van der Waals surface area contributed by atoms with Gasteiger partial charge in [-0.2, -0.15) is 4.98 Å². The topological polar surface area (TPSA) is 80.9 Å². The normalized spacial score (nSPS) is 14.4. The zero-order chi connectivity index (χ0) is 18.5. The smallest absolute Gasteiger partial charge is 0.231 e. The van der Waals surface area contributed by atoms with Crippen molar-refractivity contribution in [2.75, 3.05) is 5.32 Å². The molecule has 1 aromatic carbocycles. The highest BCUT2D eigenvalue weighted by Gasteiger charge is 2.19. The fraction of sp³-hybridized carbons (Fsp3) is 0.333. The number of aromatic nitrogens is 3. The highest BCUT2D eigenvalue weighted by Crippen LogP contribution is 2.28. The van der Waals surface area contributed by atoms with Gasteiger partial charge in [-0.15, -0.1) is 0 Å². The average molecular weight is 362 g/mol. The molecule has 1 saturated carbocycles. The summed E-state index contributed by atoms with van der Waals surface area (Å²) in [6, 6.07) is 11.5. The largest absolute Gasteiger partial charge is 0.339 e. The van der Waals surface area contributed by atoms with Crippen LogP contribution in [0.25, 0.3) is 11.4 Å². The van der Waals surface area contributed by atoms with E-state index in [1.807, 2.05) is 36.4 Å². The Morgan fingerprint density at radius 2 is 2.00 bits per heavy atom. The van der Waals surface area contributed by atoms with E-state index in [1.54, 1.807) is 12.4 Å². The summed E-state index contributed by atoms with van der Waals surface area (Å²) in [5.74, 6) is 1.62. The van der Waals surface area contributed by atoms with Crippen LogP contribution < -0.4 is 5.32 Å². The molecule has 0 aliphatic heterocycles. The molecular formula is C21H22N4O2. The molecule has 1 aliphatic rings. The molecule has 0 atom stereocenters. The van der Waals surface area contributed by atoms with E-state index in [9.17, 15) is 4.79 Å². The average Bonchev–Trinajstić information content (AvgIpc) is 3.36. The van der Waals surface area contributed by atoms with Crippen molar-refractivity contribution in [2.24, 2.45) is 5.92 Å². The Labute approximate surface area is 158 Å². The Kier molecular flexibility index (Phi) is 5.23. The third-order valence-electron chi connectivity index (χ3n) is 4.97. The van der Waals surface area contributed by atoms with Gasteiger partial charge in [0.1, 0.15) is 0 Å². The molecule has 6 heteroatoms. The molecule has 0 unspecified atom stereocenters. The summed E-state index contributed by atoms with van der Waals surface area (Å²) < 4.78 is 5.39. The molecule has 1 amide bonds. The summed E-state index contributed by atoms with van der Waals surface area (Å²) in [7, 11) is 0. The molecule has 4 rings (SSSR count). The Morgan fingerprint density at radius 3 is 2.81 bits per heavy atom. The molecule has 0 bridgehead atoms. The van der Waals surface area contributed by atoms with Crippen LogP contribution in [-0.2, 0) is 11.2 Å². The second-order valence-electron chi connectivity index (χ2n) is 6.99. The van der Waals surface area contributed by atoms with Gasteiger partial charge in [0.2, 0.25) is 17.6 Å². The van der Waals surface area contributed by atoms with Gasteiger partial charge in [0, 0.05) is 30.1 Å². The van der Waals surface area contributed by atoms with Gasteiger partial charge in [0.05, 0.1) is 6.42 Å². The molecule has 138 valence electrons. The van der Waals surface area contributed by atoms with Crippen molar-refractivity contribution in [1.29, 1.82) is 0 Å². The van der Waals surface area contributed by atoms with E-state index in [2.05, 4.69) is 20.4 Å². The summed E-state index contributed by atoms with van der Waals surface area (Å²) in [5.41, 5.74) is 2.57. The van der Waals surface area contributed by atoms with E-state index in [4.69, 9.17) is 4.52 Å². The number of rotatable bonds is 6. The number of hydrogen-bond donors (Lipinski definition) is 1. The highest BCUT2D eigenvalue weighted by atomic mass is 16.5. The summed E-state index contributed by atoms with van der Waals surface area (Å²) in [6.45, 7) is 0.